The van der Waals surface area contributed by atoms with Gasteiger partial charge in [-0.05, 0) is 52.0 Å². The molecule has 0 unspecified atom stereocenters. The molecule has 0 heterocycles. The van der Waals surface area contributed by atoms with E-state index in [1.165, 1.54) is 0 Å². The van der Waals surface area contributed by atoms with Crippen molar-refractivity contribution in [3.05, 3.63) is 58.7 Å². The third-order valence-corrected chi connectivity index (χ3v) is 4.10. The number of carbonyl (C=O) groups is 2. The van der Waals surface area contributed by atoms with Crippen molar-refractivity contribution in [2.45, 2.75) is 27.7 Å². The number of ether oxygens (including phenoxy) is 2. The van der Waals surface area contributed by atoms with Crippen LogP contribution in [0, 0.1) is 13.8 Å². The fourth-order valence-corrected chi connectivity index (χ4v) is 2.64. The van der Waals surface area contributed by atoms with E-state index >= 15 is 0 Å². The van der Waals surface area contributed by atoms with Gasteiger partial charge >= 0.3 is 11.9 Å². The summed E-state index contributed by atoms with van der Waals surface area (Å²) < 4.78 is 10.7. The number of benzene rings is 2. The van der Waals surface area contributed by atoms with Crippen LogP contribution in [0.25, 0.3) is 0 Å². The van der Waals surface area contributed by atoms with Gasteiger partial charge in [-0.1, -0.05) is 23.3 Å². The standard InChI is InChI=1S/C22H24N2O6/c1-13-5-7-19(29-11-21(25)26)17(9-13)15(3)23-24-16(4)18-10-14(2)6-8-20(18)30-12-22(27)28/h5-10H,11-12H2,1-4H3,(H,25,26)(H,27,28)/b23-15+,24-16+. The number of nitrogens with zero attached hydrogens (tertiary/aromatic N) is 2. The van der Waals surface area contributed by atoms with Gasteiger partial charge in [-0.2, -0.15) is 10.2 Å². The molecule has 0 bridgehead atoms. The number of rotatable bonds is 9. The fraction of sp³-hybridized carbons (Fsp3) is 0.273. The lowest BCUT2D eigenvalue weighted by Crippen LogP contribution is -2.12. The maximum absolute atomic E-state index is 10.8. The van der Waals surface area contributed by atoms with Gasteiger partial charge < -0.3 is 19.7 Å². The molecule has 0 aliphatic rings. The van der Waals surface area contributed by atoms with E-state index in [1.807, 2.05) is 38.1 Å². The van der Waals surface area contributed by atoms with Gasteiger partial charge in [0.2, 0.25) is 0 Å². The monoisotopic (exact) mass is 412 g/mol. The van der Waals surface area contributed by atoms with Gasteiger partial charge in [0, 0.05) is 11.1 Å². The van der Waals surface area contributed by atoms with E-state index in [4.69, 9.17) is 19.7 Å². The van der Waals surface area contributed by atoms with Crippen LogP contribution in [-0.4, -0.2) is 46.8 Å². The number of hydrogen-bond acceptors (Lipinski definition) is 6. The molecule has 8 nitrogen and oxygen atoms in total. The van der Waals surface area contributed by atoms with Crippen molar-refractivity contribution < 1.29 is 29.3 Å². The molecule has 8 heteroatoms. The maximum atomic E-state index is 10.8. The maximum Gasteiger partial charge on any atom is 0.341 e. The summed E-state index contributed by atoms with van der Waals surface area (Å²) in [5.41, 5.74) is 4.29. The van der Waals surface area contributed by atoms with Crippen LogP contribution in [0.1, 0.15) is 36.1 Å². The van der Waals surface area contributed by atoms with Crippen LogP contribution in [0.3, 0.4) is 0 Å². The first-order valence-electron chi connectivity index (χ1n) is 9.17. The van der Waals surface area contributed by atoms with Gasteiger partial charge in [-0.3, -0.25) is 0 Å². The van der Waals surface area contributed by atoms with E-state index in [9.17, 15) is 9.59 Å². The Morgan fingerprint density at radius 3 is 1.47 bits per heavy atom. The summed E-state index contributed by atoms with van der Waals surface area (Å²) in [6.45, 7) is 6.39. The smallest absolute Gasteiger partial charge is 0.341 e. The minimum atomic E-state index is -1.07. The zero-order valence-electron chi connectivity index (χ0n) is 17.3. The molecule has 2 rings (SSSR count). The summed E-state index contributed by atoms with van der Waals surface area (Å²) in [6.07, 6.45) is 0. The van der Waals surface area contributed by atoms with Gasteiger partial charge in [0.15, 0.2) is 13.2 Å². The Morgan fingerprint density at radius 1 is 0.767 bits per heavy atom. The molecule has 0 saturated carbocycles. The summed E-state index contributed by atoms with van der Waals surface area (Å²) >= 11 is 0. The third-order valence-electron chi connectivity index (χ3n) is 4.10. The SMILES string of the molecule is C/C(=N\N=C(/C)c1cc(C)ccc1OCC(=O)O)c1cc(C)ccc1OCC(=O)O. The summed E-state index contributed by atoms with van der Waals surface area (Å²) in [4.78, 5) is 21.6. The molecule has 158 valence electrons. The molecule has 0 aromatic heterocycles. The second-order valence-electron chi connectivity index (χ2n) is 6.73. The van der Waals surface area contributed by atoms with E-state index in [0.29, 0.717) is 34.0 Å². The third kappa shape index (κ3) is 6.44. The van der Waals surface area contributed by atoms with Crippen molar-refractivity contribution in [2.75, 3.05) is 13.2 Å². The second kappa shape index (κ2) is 10.2. The summed E-state index contributed by atoms with van der Waals surface area (Å²) in [5.74, 6) is -1.34. The molecule has 0 aliphatic carbocycles. The zero-order valence-corrected chi connectivity index (χ0v) is 17.3. The Balaban J connectivity index is 2.36. The fourth-order valence-electron chi connectivity index (χ4n) is 2.64. The first-order valence-corrected chi connectivity index (χ1v) is 9.17. The van der Waals surface area contributed by atoms with Crippen molar-refractivity contribution in [3.63, 3.8) is 0 Å². The molecule has 0 amide bonds. The average Bonchev–Trinajstić information content (AvgIpc) is 2.69. The van der Waals surface area contributed by atoms with Crippen LogP contribution in [-0.2, 0) is 9.59 Å². The molecular formula is C22H24N2O6. The molecule has 0 aliphatic heterocycles. The summed E-state index contributed by atoms with van der Waals surface area (Å²) in [5, 5.41) is 26.3. The quantitative estimate of drug-likeness (QED) is 0.481. The first-order chi connectivity index (χ1) is 14.2. The number of aryl methyl sites for hydroxylation is 2. The molecule has 30 heavy (non-hydrogen) atoms. The minimum Gasteiger partial charge on any atom is -0.481 e. The number of carboxylic acids is 2. The van der Waals surface area contributed by atoms with Crippen LogP contribution in [0.15, 0.2) is 46.6 Å². The molecular weight excluding hydrogens is 388 g/mol. The Bertz CT molecular complexity index is 929. The Morgan fingerprint density at radius 2 is 1.13 bits per heavy atom. The largest absolute Gasteiger partial charge is 0.481 e. The highest BCUT2D eigenvalue weighted by molar-refractivity contribution is 6.04. The van der Waals surface area contributed by atoms with Gasteiger partial charge in [0.1, 0.15) is 11.5 Å². The Kier molecular flexibility index (Phi) is 7.69. The zero-order chi connectivity index (χ0) is 22.3. The minimum absolute atomic E-state index is 0.401. The van der Waals surface area contributed by atoms with Gasteiger partial charge in [0.05, 0.1) is 11.4 Å². The lowest BCUT2D eigenvalue weighted by Gasteiger charge is -2.11. The van der Waals surface area contributed by atoms with Gasteiger partial charge in [0.25, 0.3) is 0 Å². The van der Waals surface area contributed by atoms with Crippen molar-refractivity contribution >= 4 is 23.4 Å². The Hall–Kier alpha value is -3.68. The van der Waals surface area contributed by atoms with Gasteiger partial charge in [-0.15, -0.1) is 0 Å². The van der Waals surface area contributed by atoms with E-state index in [2.05, 4.69) is 10.2 Å². The predicted molar refractivity (Wildman–Crippen MR) is 113 cm³/mol. The molecule has 0 saturated heterocycles. The van der Waals surface area contributed by atoms with Crippen LogP contribution < -0.4 is 9.47 Å². The van der Waals surface area contributed by atoms with E-state index in [-0.39, 0.29) is 0 Å². The molecule has 0 fully saturated rings. The molecule has 2 aromatic rings. The van der Waals surface area contributed by atoms with Crippen molar-refractivity contribution in [2.24, 2.45) is 10.2 Å². The lowest BCUT2D eigenvalue weighted by molar-refractivity contribution is -0.140. The van der Waals surface area contributed by atoms with Gasteiger partial charge in [-0.25, -0.2) is 9.59 Å². The second-order valence-corrected chi connectivity index (χ2v) is 6.73. The highest BCUT2D eigenvalue weighted by Crippen LogP contribution is 2.23. The molecule has 0 spiro atoms. The predicted octanol–water partition coefficient (Wildman–Crippen LogP) is 3.46. The van der Waals surface area contributed by atoms with E-state index in [0.717, 1.165) is 11.1 Å². The van der Waals surface area contributed by atoms with Crippen LogP contribution in [0.4, 0.5) is 0 Å². The van der Waals surface area contributed by atoms with Crippen LogP contribution >= 0.6 is 0 Å². The van der Waals surface area contributed by atoms with Crippen molar-refractivity contribution in [3.8, 4) is 11.5 Å². The first kappa shape index (κ1) is 22.6. The van der Waals surface area contributed by atoms with Crippen LogP contribution in [0.5, 0.6) is 11.5 Å². The average molecular weight is 412 g/mol. The van der Waals surface area contributed by atoms with Crippen molar-refractivity contribution in [1.29, 1.82) is 0 Å². The van der Waals surface area contributed by atoms with E-state index in [1.54, 1.807) is 26.0 Å². The summed E-state index contributed by atoms with van der Waals surface area (Å²) in [6, 6.07) is 10.7. The Labute approximate surface area is 174 Å². The number of carboxylic acid groups (broad SMARTS) is 2. The number of hydrogen-bond donors (Lipinski definition) is 2. The van der Waals surface area contributed by atoms with Crippen molar-refractivity contribution in [1.82, 2.24) is 0 Å². The lowest BCUT2D eigenvalue weighted by atomic mass is 10.1. The molecule has 0 radical (unpaired) electrons. The van der Waals surface area contributed by atoms with E-state index < -0.39 is 25.2 Å². The molecule has 0 atom stereocenters. The highest BCUT2D eigenvalue weighted by atomic mass is 16.5. The topological polar surface area (TPSA) is 118 Å². The molecule has 2 aromatic carbocycles. The highest BCUT2D eigenvalue weighted by Gasteiger charge is 2.11. The molecule has 2 N–H and O–H groups in total. The normalized spacial score (nSPS) is 11.9. The number of aliphatic carboxylic acids is 2. The summed E-state index contributed by atoms with van der Waals surface area (Å²) in [7, 11) is 0. The van der Waals surface area contributed by atoms with Crippen LogP contribution in [0.2, 0.25) is 0 Å².